The third-order valence-electron chi connectivity index (χ3n) is 4.37. The van der Waals surface area contributed by atoms with Gasteiger partial charge in [0.2, 0.25) is 0 Å². The van der Waals surface area contributed by atoms with E-state index in [4.69, 9.17) is 9.47 Å². The van der Waals surface area contributed by atoms with Crippen LogP contribution >= 0.6 is 0 Å². The van der Waals surface area contributed by atoms with E-state index in [0.717, 1.165) is 63.2 Å². The summed E-state index contributed by atoms with van der Waals surface area (Å²) < 4.78 is 12.8. The van der Waals surface area contributed by atoms with Crippen LogP contribution in [0.4, 0.5) is 0 Å². The van der Waals surface area contributed by atoms with Gasteiger partial charge >= 0.3 is 0 Å². The molecule has 2 N–H and O–H groups in total. The van der Waals surface area contributed by atoms with Crippen molar-refractivity contribution in [1.82, 2.24) is 25.4 Å². The lowest BCUT2D eigenvalue weighted by atomic mass is 10.1. The lowest BCUT2D eigenvalue weighted by Crippen LogP contribution is -2.37. The first-order valence-electron chi connectivity index (χ1n) is 9.40. The molecule has 146 valence electrons. The van der Waals surface area contributed by atoms with Crippen molar-refractivity contribution in [3.63, 3.8) is 0 Å². The molecule has 3 heterocycles. The van der Waals surface area contributed by atoms with Crippen LogP contribution in [0.15, 0.2) is 41.8 Å². The number of ether oxygens (including phenoxy) is 2. The average molecular weight is 372 g/mol. The molecular weight excluding hydrogens is 344 g/mol. The highest BCUT2D eigenvalue weighted by atomic mass is 16.5. The minimum absolute atomic E-state index is 0.569. The molecule has 1 fully saturated rings. The van der Waals surface area contributed by atoms with E-state index in [1.807, 2.05) is 24.4 Å². The lowest BCUT2D eigenvalue weighted by Gasteiger charge is -2.13. The molecule has 27 heavy (non-hydrogen) atoms. The summed E-state index contributed by atoms with van der Waals surface area (Å²) in [7, 11) is 1.77. The topological polar surface area (TPSA) is 85.6 Å². The first-order chi connectivity index (χ1) is 13.3. The number of hydrogen-bond donors (Lipinski definition) is 2. The van der Waals surface area contributed by atoms with E-state index < -0.39 is 0 Å². The maximum atomic E-state index is 5.72. The number of hydrogen-bond acceptors (Lipinski definition) is 5. The highest BCUT2D eigenvalue weighted by Crippen LogP contribution is 2.12. The van der Waals surface area contributed by atoms with Crippen LogP contribution < -0.4 is 10.6 Å². The molecule has 1 atom stereocenters. The molecule has 1 aliphatic heterocycles. The van der Waals surface area contributed by atoms with Crippen LogP contribution in [0.2, 0.25) is 0 Å². The van der Waals surface area contributed by atoms with Crippen molar-refractivity contribution in [3.05, 3.63) is 42.4 Å². The van der Waals surface area contributed by atoms with Gasteiger partial charge in [0.1, 0.15) is 0 Å². The van der Waals surface area contributed by atoms with E-state index in [0.29, 0.717) is 12.5 Å². The number of aromatic nitrogens is 3. The number of nitrogens with zero attached hydrogens (tertiary/aromatic N) is 4. The molecule has 0 bridgehead atoms. The molecule has 0 amide bonds. The Kier molecular flexibility index (Phi) is 7.61. The molecule has 1 aliphatic rings. The molecule has 3 rings (SSSR count). The molecule has 0 spiro atoms. The van der Waals surface area contributed by atoms with Crippen molar-refractivity contribution in [2.75, 3.05) is 40.0 Å². The van der Waals surface area contributed by atoms with Gasteiger partial charge < -0.3 is 20.1 Å². The van der Waals surface area contributed by atoms with Gasteiger partial charge in [0.15, 0.2) is 11.8 Å². The molecule has 1 saturated heterocycles. The summed E-state index contributed by atoms with van der Waals surface area (Å²) in [5, 5.41) is 10.8. The molecule has 0 radical (unpaired) electrons. The second kappa shape index (κ2) is 10.6. The van der Waals surface area contributed by atoms with Crippen molar-refractivity contribution < 1.29 is 9.47 Å². The number of aliphatic imine (C=N–C) groups is 1. The predicted molar refractivity (Wildman–Crippen MR) is 104 cm³/mol. The molecule has 0 aromatic carbocycles. The molecule has 1 unspecified atom stereocenters. The van der Waals surface area contributed by atoms with Gasteiger partial charge in [-0.15, -0.1) is 0 Å². The number of rotatable bonds is 9. The predicted octanol–water partition coefficient (Wildman–Crippen LogP) is 1.38. The zero-order chi connectivity index (χ0) is 18.7. The Labute approximate surface area is 160 Å². The third-order valence-corrected chi connectivity index (χ3v) is 4.37. The molecular formula is C19H28N6O2. The van der Waals surface area contributed by atoms with E-state index in [9.17, 15) is 0 Å². The highest BCUT2D eigenvalue weighted by Gasteiger charge is 2.15. The van der Waals surface area contributed by atoms with E-state index in [1.54, 1.807) is 24.1 Å². The SMILES string of the molecule is CN=C(NCCCOCC1CCOC1)NCc1ccnc(-n2cccn2)c1. The van der Waals surface area contributed by atoms with Crippen LogP contribution in [0.25, 0.3) is 5.82 Å². The van der Waals surface area contributed by atoms with Gasteiger partial charge in [0.05, 0.1) is 13.2 Å². The molecule has 2 aromatic rings. The monoisotopic (exact) mass is 372 g/mol. The fourth-order valence-electron chi connectivity index (χ4n) is 2.85. The summed E-state index contributed by atoms with van der Waals surface area (Å²) in [6.07, 6.45) is 7.46. The van der Waals surface area contributed by atoms with Crippen molar-refractivity contribution >= 4 is 5.96 Å². The summed E-state index contributed by atoms with van der Waals surface area (Å²) in [5.74, 6) is 2.14. The molecule has 8 nitrogen and oxygen atoms in total. The summed E-state index contributed by atoms with van der Waals surface area (Å²) in [5.41, 5.74) is 1.11. The number of pyridine rings is 1. The van der Waals surface area contributed by atoms with Crippen LogP contribution in [0, 0.1) is 5.92 Å². The van der Waals surface area contributed by atoms with Gasteiger partial charge in [-0.25, -0.2) is 9.67 Å². The van der Waals surface area contributed by atoms with Crippen LogP contribution in [0.3, 0.4) is 0 Å². The Morgan fingerprint density at radius 1 is 1.41 bits per heavy atom. The normalized spacial score (nSPS) is 17.2. The van der Waals surface area contributed by atoms with Crippen molar-refractivity contribution in [1.29, 1.82) is 0 Å². The largest absolute Gasteiger partial charge is 0.381 e. The standard InChI is InChI=1S/C19H28N6O2/c1-20-19(22-6-3-10-26-14-17-5-11-27-15-17)23-13-16-4-8-21-18(12-16)25-9-2-7-24-25/h2,4,7-9,12,17H,3,5-6,10-11,13-15H2,1H3,(H2,20,22,23). The molecule has 2 aromatic heterocycles. The Balaban J connectivity index is 1.33. The van der Waals surface area contributed by atoms with E-state index in [-0.39, 0.29) is 0 Å². The quantitative estimate of drug-likeness (QED) is 0.393. The highest BCUT2D eigenvalue weighted by molar-refractivity contribution is 5.79. The van der Waals surface area contributed by atoms with Gasteiger partial charge in [-0.1, -0.05) is 0 Å². The summed E-state index contributed by atoms with van der Waals surface area (Å²) in [4.78, 5) is 8.60. The van der Waals surface area contributed by atoms with Gasteiger partial charge in [0.25, 0.3) is 0 Å². The van der Waals surface area contributed by atoms with Crippen LogP contribution in [-0.2, 0) is 16.0 Å². The Hall–Kier alpha value is -2.45. The van der Waals surface area contributed by atoms with E-state index in [1.165, 1.54) is 0 Å². The second-order valence-corrected chi connectivity index (χ2v) is 6.48. The van der Waals surface area contributed by atoms with E-state index in [2.05, 4.69) is 25.7 Å². The second-order valence-electron chi connectivity index (χ2n) is 6.48. The Bertz CT molecular complexity index is 698. The summed E-state index contributed by atoms with van der Waals surface area (Å²) in [6, 6.07) is 5.87. The summed E-state index contributed by atoms with van der Waals surface area (Å²) in [6.45, 7) is 4.74. The van der Waals surface area contributed by atoms with Crippen molar-refractivity contribution in [2.24, 2.45) is 10.9 Å². The molecule has 0 saturated carbocycles. The maximum absolute atomic E-state index is 5.72. The zero-order valence-electron chi connectivity index (χ0n) is 15.8. The maximum Gasteiger partial charge on any atom is 0.191 e. The van der Waals surface area contributed by atoms with Crippen molar-refractivity contribution in [3.8, 4) is 5.82 Å². The first kappa shape index (κ1) is 19.3. The van der Waals surface area contributed by atoms with Gasteiger partial charge in [-0.3, -0.25) is 4.99 Å². The molecule has 8 heteroatoms. The minimum Gasteiger partial charge on any atom is -0.381 e. The summed E-state index contributed by atoms with van der Waals surface area (Å²) >= 11 is 0. The number of guanidine groups is 1. The molecule has 0 aliphatic carbocycles. The zero-order valence-corrected chi connectivity index (χ0v) is 15.8. The first-order valence-corrected chi connectivity index (χ1v) is 9.40. The third kappa shape index (κ3) is 6.33. The van der Waals surface area contributed by atoms with E-state index >= 15 is 0 Å². The van der Waals surface area contributed by atoms with Crippen LogP contribution in [-0.4, -0.2) is 60.7 Å². The average Bonchev–Trinajstić information content (AvgIpc) is 3.41. The van der Waals surface area contributed by atoms with Crippen LogP contribution in [0.5, 0.6) is 0 Å². The van der Waals surface area contributed by atoms with Gasteiger partial charge in [0, 0.05) is 57.9 Å². The smallest absolute Gasteiger partial charge is 0.191 e. The van der Waals surface area contributed by atoms with Crippen molar-refractivity contribution in [2.45, 2.75) is 19.4 Å². The lowest BCUT2D eigenvalue weighted by molar-refractivity contribution is 0.0888. The van der Waals surface area contributed by atoms with Gasteiger partial charge in [-0.2, -0.15) is 5.10 Å². The Morgan fingerprint density at radius 3 is 3.15 bits per heavy atom. The number of nitrogens with one attached hydrogen (secondary N) is 2. The fourth-order valence-corrected chi connectivity index (χ4v) is 2.85. The Morgan fingerprint density at radius 2 is 2.37 bits per heavy atom. The fraction of sp³-hybridized carbons (Fsp3) is 0.526. The minimum atomic E-state index is 0.569. The van der Waals surface area contributed by atoms with Gasteiger partial charge in [-0.05, 0) is 36.6 Å². The van der Waals surface area contributed by atoms with Crippen LogP contribution in [0.1, 0.15) is 18.4 Å².